The van der Waals surface area contributed by atoms with E-state index in [4.69, 9.17) is 0 Å². The number of hydrogen-bond acceptors (Lipinski definition) is 2. The second-order valence-electron chi connectivity index (χ2n) is 3.46. The summed E-state index contributed by atoms with van der Waals surface area (Å²) in [6, 6.07) is 8.67. The minimum atomic E-state index is -0.110. The SMILES string of the molecule is Cc1ccc[n+](-c2ccc(O)c(O)c2)c1. The number of rotatable bonds is 1. The van der Waals surface area contributed by atoms with Crippen molar-refractivity contribution in [2.75, 3.05) is 0 Å². The summed E-state index contributed by atoms with van der Waals surface area (Å²) < 4.78 is 1.88. The highest BCUT2D eigenvalue weighted by molar-refractivity contribution is 5.43. The van der Waals surface area contributed by atoms with Gasteiger partial charge >= 0.3 is 0 Å². The van der Waals surface area contributed by atoms with E-state index < -0.39 is 0 Å². The fourth-order valence-electron chi connectivity index (χ4n) is 1.43. The molecule has 76 valence electrons. The van der Waals surface area contributed by atoms with Crippen molar-refractivity contribution in [2.45, 2.75) is 6.92 Å². The highest BCUT2D eigenvalue weighted by atomic mass is 16.3. The van der Waals surface area contributed by atoms with Crippen molar-refractivity contribution < 1.29 is 14.8 Å². The molecule has 2 N–H and O–H groups in total. The molecule has 1 aromatic heterocycles. The fourth-order valence-corrected chi connectivity index (χ4v) is 1.43. The average Bonchev–Trinajstić information content (AvgIpc) is 2.22. The molecule has 3 nitrogen and oxygen atoms in total. The summed E-state index contributed by atoms with van der Waals surface area (Å²) in [7, 11) is 0. The van der Waals surface area contributed by atoms with E-state index in [1.165, 1.54) is 12.1 Å². The van der Waals surface area contributed by atoms with Gasteiger partial charge in [0.15, 0.2) is 23.9 Å². The lowest BCUT2D eigenvalue weighted by Gasteiger charge is -1.99. The monoisotopic (exact) mass is 202 g/mol. The maximum Gasteiger partial charge on any atom is 0.214 e. The summed E-state index contributed by atoms with van der Waals surface area (Å²) in [5.74, 6) is -0.214. The first-order valence-corrected chi connectivity index (χ1v) is 4.67. The van der Waals surface area contributed by atoms with Crippen molar-refractivity contribution in [3.63, 3.8) is 0 Å². The Balaban J connectivity index is 2.50. The van der Waals surface area contributed by atoms with Crippen LogP contribution in [0.2, 0.25) is 0 Å². The van der Waals surface area contributed by atoms with Gasteiger partial charge in [0.25, 0.3) is 0 Å². The van der Waals surface area contributed by atoms with E-state index in [1.54, 1.807) is 6.07 Å². The van der Waals surface area contributed by atoms with Crippen LogP contribution in [-0.2, 0) is 0 Å². The van der Waals surface area contributed by atoms with Gasteiger partial charge in [-0.15, -0.1) is 0 Å². The Kier molecular flexibility index (Phi) is 2.29. The second-order valence-corrected chi connectivity index (χ2v) is 3.46. The molecule has 0 aliphatic carbocycles. The summed E-state index contributed by atoms with van der Waals surface area (Å²) in [5.41, 5.74) is 1.94. The van der Waals surface area contributed by atoms with Gasteiger partial charge in [-0.2, -0.15) is 4.57 Å². The van der Waals surface area contributed by atoms with Crippen LogP contribution < -0.4 is 4.57 Å². The zero-order chi connectivity index (χ0) is 10.8. The molecule has 0 radical (unpaired) electrons. The molecule has 0 saturated carbocycles. The summed E-state index contributed by atoms with van der Waals surface area (Å²) >= 11 is 0. The number of hydrogen-bond donors (Lipinski definition) is 2. The maximum absolute atomic E-state index is 9.37. The number of aromatic hydroxyl groups is 2. The summed E-state index contributed by atoms with van der Waals surface area (Å²) in [6.07, 6.45) is 3.84. The van der Waals surface area contributed by atoms with E-state index in [-0.39, 0.29) is 11.5 Å². The molecule has 0 aliphatic rings. The second kappa shape index (κ2) is 3.61. The molecule has 2 rings (SSSR count). The molecule has 0 fully saturated rings. The van der Waals surface area contributed by atoms with Gasteiger partial charge in [-0.25, -0.2) is 0 Å². The van der Waals surface area contributed by atoms with Crippen LogP contribution in [0.15, 0.2) is 42.7 Å². The Morgan fingerprint density at radius 3 is 2.53 bits per heavy atom. The van der Waals surface area contributed by atoms with Gasteiger partial charge in [0, 0.05) is 17.7 Å². The van der Waals surface area contributed by atoms with Gasteiger partial charge in [-0.05, 0) is 19.1 Å². The lowest BCUT2D eigenvalue weighted by atomic mass is 10.2. The minimum absolute atomic E-state index is 0.105. The fraction of sp³-hybridized carbons (Fsp3) is 0.0833. The smallest absolute Gasteiger partial charge is 0.214 e. The molecular formula is C12H12NO2+. The van der Waals surface area contributed by atoms with Crippen molar-refractivity contribution in [3.8, 4) is 17.2 Å². The van der Waals surface area contributed by atoms with E-state index >= 15 is 0 Å². The van der Waals surface area contributed by atoms with Crippen molar-refractivity contribution in [3.05, 3.63) is 48.3 Å². The first kappa shape index (κ1) is 9.52. The van der Waals surface area contributed by atoms with Crippen molar-refractivity contribution in [2.24, 2.45) is 0 Å². The van der Waals surface area contributed by atoms with E-state index in [1.807, 2.05) is 36.0 Å². The number of pyridine rings is 1. The lowest BCUT2D eigenvalue weighted by molar-refractivity contribution is -0.596. The quantitative estimate of drug-likeness (QED) is 0.546. The van der Waals surface area contributed by atoms with Crippen LogP contribution in [0.1, 0.15) is 5.56 Å². The molecule has 0 saturated heterocycles. The van der Waals surface area contributed by atoms with Crippen LogP contribution in [0, 0.1) is 6.92 Å². The number of aryl methyl sites for hydroxylation is 1. The van der Waals surface area contributed by atoms with Gasteiger partial charge in [0.2, 0.25) is 5.69 Å². The summed E-state index contributed by atoms with van der Waals surface area (Å²) in [5, 5.41) is 18.6. The summed E-state index contributed by atoms with van der Waals surface area (Å²) in [4.78, 5) is 0. The van der Waals surface area contributed by atoms with Crippen LogP contribution >= 0.6 is 0 Å². The highest BCUT2D eigenvalue weighted by Crippen LogP contribution is 2.24. The third-order valence-corrected chi connectivity index (χ3v) is 2.21. The number of phenols is 2. The molecule has 0 spiro atoms. The van der Waals surface area contributed by atoms with E-state index in [9.17, 15) is 10.2 Å². The topological polar surface area (TPSA) is 44.3 Å². The number of benzene rings is 1. The first-order chi connectivity index (χ1) is 7.16. The van der Waals surface area contributed by atoms with Gasteiger partial charge in [0.1, 0.15) is 0 Å². The molecular weight excluding hydrogens is 190 g/mol. The van der Waals surface area contributed by atoms with Crippen molar-refractivity contribution >= 4 is 0 Å². The molecule has 0 bridgehead atoms. The first-order valence-electron chi connectivity index (χ1n) is 4.67. The summed E-state index contributed by atoms with van der Waals surface area (Å²) in [6.45, 7) is 2.00. The van der Waals surface area contributed by atoms with Crippen LogP contribution in [0.5, 0.6) is 11.5 Å². The van der Waals surface area contributed by atoms with Crippen molar-refractivity contribution in [1.29, 1.82) is 0 Å². The molecule has 0 amide bonds. The number of phenolic OH excluding ortho intramolecular Hbond substituents is 2. The molecule has 3 heteroatoms. The lowest BCUT2D eigenvalue weighted by Crippen LogP contribution is -2.29. The zero-order valence-corrected chi connectivity index (χ0v) is 8.38. The zero-order valence-electron chi connectivity index (χ0n) is 8.38. The Morgan fingerprint density at radius 1 is 1.07 bits per heavy atom. The Hall–Kier alpha value is -2.03. The Morgan fingerprint density at radius 2 is 1.87 bits per heavy atom. The predicted molar refractivity (Wildman–Crippen MR) is 56.0 cm³/mol. The minimum Gasteiger partial charge on any atom is -0.504 e. The van der Waals surface area contributed by atoms with Crippen LogP contribution in [-0.4, -0.2) is 10.2 Å². The van der Waals surface area contributed by atoms with Crippen molar-refractivity contribution in [1.82, 2.24) is 0 Å². The largest absolute Gasteiger partial charge is 0.504 e. The molecule has 0 aliphatic heterocycles. The van der Waals surface area contributed by atoms with Gasteiger partial charge in [-0.3, -0.25) is 0 Å². The van der Waals surface area contributed by atoms with E-state index in [0.29, 0.717) is 0 Å². The van der Waals surface area contributed by atoms with Gasteiger partial charge < -0.3 is 10.2 Å². The number of aromatic nitrogens is 1. The maximum atomic E-state index is 9.37. The Labute approximate surface area is 87.9 Å². The van der Waals surface area contributed by atoms with Crippen LogP contribution in [0.25, 0.3) is 5.69 Å². The normalized spacial score (nSPS) is 10.2. The van der Waals surface area contributed by atoms with Gasteiger partial charge in [-0.1, -0.05) is 0 Å². The molecule has 1 heterocycles. The number of nitrogens with zero attached hydrogens (tertiary/aromatic N) is 1. The standard InChI is InChI=1S/C12H11NO2/c1-9-3-2-6-13(8-9)10-4-5-11(14)12(15)7-10/h2-8H,1H3,(H-,14,15)/p+1. The third-order valence-electron chi connectivity index (χ3n) is 2.21. The molecule has 0 atom stereocenters. The van der Waals surface area contributed by atoms with E-state index in [2.05, 4.69) is 0 Å². The highest BCUT2D eigenvalue weighted by Gasteiger charge is 2.08. The predicted octanol–water partition coefficient (Wildman–Crippen LogP) is 1.68. The molecule has 15 heavy (non-hydrogen) atoms. The van der Waals surface area contributed by atoms with Gasteiger partial charge in [0.05, 0.1) is 6.07 Å². The molecule has 0 unspecified atom stereocenters. The average molecular weight is 202 g/mol. The van der Waals surface area contributed by atoms with Crippen LogP contribution in [0.3, 0.4) is 0 Å². The molecule has 2 aromatic rings. The third kappa shape index (κ3) is 1.91. The van der Waals surface area contributed by atoms with E-state index in [0.717, 1.165) is 11.3 Å². The molecule has 1 aromatic carbocycles. The van der Waals surface area contributed by atoms with Crippen LogP contribution in [0.4, 0.5) is 0 Å². The Bertz CT molecular complexity index is 495.